The van der Waals surface area contributed by atoms with Gasteiger partial charge in [-0.2, -0.15) is 0 Å². The van der Waals surface area contributed by atoms with Crippen molar-refractivity contribution in [1.29, 1.82) is 0 Å². The maximum atomic E-state index is 12.4. The molecule has 0 aliphatic rings. The van der Waals surface area contributed by atoms with E-state index in [0.717, 1.165) is 9.79 Å². The average Bonchev–Trinajstić information content (AvgIpc) is 2.79. The molecule has 3 aromatic carbocycles. The van der Waals surface area contributed by atoms with Crippen molar-refractivity contribution >= 4 is 52.7 Å². The molecule has 0 fully saturated rings. The van der Waals surface area contributed by atoms with Gasteiger partial charge in [0.2, 0.25) is 11.8 Å². The lowest BCUT2D eigenvalue weighted by atomic mass is 10.1. The summed E-state index contributed by atoms with van der Waals surface area (Å²) in [5.74, 6) is -1.34. The highest BCUT2D eigenvalue weighted by Gasteiger charge is 2.14. The Kier molecular flexibility index (Phi) is 8.14. The molecule has 0 aromatic heterocycles. The molecule has 0 saturated heterocycles. The summed E-state index contributed by atoms with van der Waals surface area (Å²) in [4.78, 5) is 38.1. The third kappa shape index (κ3) is 7.20. The van der Waals surface area contributed by atoms with Crippen LogP contribution in [-0.2, 0) is 9.59 Å². The van der Waals surface area contributed by atoms with Gasteiger partial charge in [-0.05, 0) is 42.5 Å². The Bertz CT molecular complexity index is 1060. The van der Waals surface area contributed by atoms with Gasteiger partial charge >= 0.3 is 5.97 Å². The van der Waals surface area contributed by atoms with E-state index in [-0.39, 0.29) is 34.6 Å². The SMILES string of the molecule is O=C(CSc1ccccc1)Nc1ccc(C(=O)O)cc1NC(=O)CSc1ccccc1. The van der Waals surface area contributed by atoms with Crippen molar-refractivity contribution < 1.29 is 19.5 Å². The van der Waals surface area contributed by atoms with Gasteiger partial charge in [0.1, 0.15) is 0 Å². The van der Waals surface area contributed by atoms with Gasteiger partial charge in [0.15, 0.2) is 0 Å². The number of benzene rings is 3. The van der Waals surface area contributed by atoms with E-state index in [2.05, 4.69) is 10.6 Å². The second kappa shape index (κ2) is 11.2. The predicted molar refractivity (Wildman–Crippen MR) is 125 cm³/mol. The zero-order valence-electron chi connectivity index (χ0n) is 16.4. The maximum Gasteiger partial charge on any atom is 0.335 e. The maximum absolute atomic E-state index is 12.4. The normalized spacial score (nSPS) is 10.3. The molecule has 0 radical (unpaired) electrons. The van der Waals surface area contributed by atoms with Crippen LogP contribution in [0.1, 0.15) is 10.4 Å². The van der Waals surface area contributed by atoms with Gasteiger partial charge in [0, 0.05) is 9.79 Å². The topological polar surface area (TPSA) is 95.5 Å². The zero-order chi connectivity index (χ0) is 22.1. The number of thioether (sulfide) groups is 2. The van der Waals surface area contributed by atoms with Crippen LogP contribution in [-0.4, -0.2) is 34.4 Å². The standard InChI is InChI=1S/C23H20N2O4S2/c26-21(14-30-17-7-3-1-4-8-17)24-19-12-11-16(23(28)29)13-20(19)25-22(27)15-31-18-9-5-2-6-10-18/h1-13H,14-15H2,(H,24,26)(H,25,27)(H,28,29). The van der Waals surface area contributed by atoms with Crippen LogP contribution < -0.4 is 10.6 Å². The van der Waals surface area contributed by atoms with Crippen LogP contribution in [0.4, 0.5) is 11.4 Å². The lowest BCUT2D eigenvalue weighted by molar-refractivity contribution is -0.114. The summed E-state index contributed by atoms with van der Waals surface area (Å²) in [5.41, 5.74) is 0.612. The Morgan fingerprint density at radius 1 is 0.677 bits per heavy atom. The Balaban J connectivity index is 1.65. The van der Waals surface area contributed by atoms with Crippen molar-refractivity contribution in [3.8, 4) is 0 Å². The first-order valence-electron chi connectivity index (χ1n) is 9.34. The second-order valence-corrected chi connectivity index (χ2v) is 8.46. The number of nitrogens with one attached hydrogen (secondary N) is 2. The fraction of sp³-hybridized carbons (Fsp3) is 0.0870. The van der Waals surface area contributed by atoms with E-state index in [4.69, 9.17) is 0 Å². The molecule has 3 N–H and O–H groups in total. The molecule has 0 spiro atoms. The van der Waals surface area contributed by atoms with Crippen LogP contribution >= 0.6 is 23.5 Å². The molecule has 2 amide bonds. The minimum Gasteiger partial charge on any atom is -0.478 e. The van der Waals surface area contributed by atoms with Gasteiger partial charge in [-0.25, -0.2) is 4.79 Å². The van der Waals surface area contributed by atoms with Gasteiger partial charge < -0.3 is 15.7 Å². The molecule has 6 nitrogen and oxygen atoms in total. The average molecular weight is 453 g/mol. The number of aromatic carboxylic acids is 1. The second-order valence-electron chi connectivity index (χ2n) is 6.37. The highest BCUT2D eigenvalue weighted by atomic mass is 32.2. The highest BCUT2D eigenvalue weighted by Crippen LogP contribution is 2.26. The molecule has 0 bridgehead atoms. The summed E-state index contributed by atoms with van der Waals surface area (Å²) in [6.07, 6.45) is 0. The molecule has 31 heavy (non-hydrogen) atoms. The van der Waals surface area contributed by atoms with E-state index in [1.165, 1.54) is 41.7 Å². The van der Waals surface area contributed by atoms with Crippen LogP contribution in [0.2, 0.25) is 0 Å². The van der Waals surface area contributed by atoms with Gasteiger partial charge in [-0.15, -0.1) is 23.5 Å². The summed E-state index contributed by atoms with van der Waals surface area (Å²) in [5, 5.41) is 14.7. The van der Waals surface area contributed by atoms with E-state index >= 15 is 0 Å². The molecule has 0 heterocycles. The zero-order valence-corrected chi connectivity index (χ0v) is 18.0. The molecule has 0 aliphatic carbocycles. The largest absolute Gasteiger partial charge is 0.478 e. The van der Waals surface area contributed by atoms with Crippen molar-refractivity contribution in [1.82, 2.24) is 0 Å². The summed E-state index contributed by atoms with van der Waals surface area (Å²) in [7, 11) is 0. The number of carboxylic acids is 1. The molecular formula is C23H20N2O4S2. The number of rotatable bonds is 9. The summed E-state index contributed by atoms with van der Waals surface area (Å²) in [6.45, 7) is 0. The Morgan fingerprint density at radius 2 is 1.16 bits per heavy atom. The van der Waals surface area contributed by atoms with Crippen molar-refractivity contribution in [2.24, 2.45) is 0 Å². The number of carbonyl (C=O) groups excluding carboxylic acids is 2. The highest BCUT2D eigenvalue weighted by molar-refractivity contribution is 8.00. The van der Waals surface area contributed by atoms with Crippen molar-refractivity contribution in [3.63, 3.8) is 0 Å². The monoisotopic (exact) mass is 452 g/mol. The van der Waals surface area contributed by atoms with Crippen LogP contribution in [0.3, 0.4) is 0 Å². The van der Waals surface area contributed by atoms with Crippen LogP contribution in [0.15, 0.2) is 88.7 Å². The molecular weight excluding hydrogens is 432 g/mol. The first kappa shape index (κ1) is 22.5. The first-order chi connectivity index (χ1) is 15.0. The van der Waals surface area contributed by atoms with Crippen molar-refractivity contribution in [3.05, 3.63) is 84.4 Å². The number of amides is 2. The van der Waals surface area contributed by atoms with E-state index in [1.807, 2.05) is 60.7 Å². The number of carbonyl (C=O) groups is 3. The fourth-order valence-electron chi connectivity index (χ4n) is 2.59. The molecule has 158 valence electrons. The number of carboxylic acid groups (broad SMARTS) is 1. The van der Waals surface area contributed by atoms with Crippen LogP contribution in [0.25, 0.3) is 0 Å². The van der Waals surface area contributed by atoms with E-state index in [0.29, 0.717) is 5.69 Å². The van der Waals surface area contributed by atoms with E-state index in [9.17, 15) is 19.5 Å². The lowest BCUT2D eigenvalue weighted by Gasteiger charge is -2.13. The Hall–Kier alpha value is -3.23. The van der Waals surface area contributed by atoms with Gasteiger partial charge in [-0.1, -0.05) is 36.4 Å². The quantitative estimate of drug-likeness (QED) is 0.402. The van der Waals surface area contributed by atoms with Crippen molar-refractivity contribution in [2.75, 3.05) is 22.1 Å². The number of hydrogen-bond donors (Lipinski definition) is 3. The Labute approximate surface area is 188 Å². The smallest absolute Gasteiger partial charge is 0.335 e. The third-order valence-electron chi connectivity index (χ3n) is 4.04. The summed E-state index contributed by atoms with van der Waals surface area (Å²) in [6, 6.07) is 23.2. The minimum absolute atomic E-state index is 0.0164. The van der Waals surface area contributed by atoms with Crippen LogP contribution in [0.5, 0.6) is 0 Å². The van der Waals surface area contributed by atoms with E-state index in [1.54, 1.807) is 0 Å². The molecule has 3 rings (SSSR count). The summed E-state index contributed by atoms with van der Waals surface area (Å²) < 4.78 is 0. The third-order valence-corrected chi connectivity index (χ3v) is 6.07. The van der Waals surface area contributed by atoms with Gasteiger partial charge in [0.25, 0.3) is 0 Å². The lowest BCUT2D eigenvalue weighted by Crippen LogP contribution is -2.19. The number of hydrogen-bond acceptors (Lipinski definition) is 5. The molecule has 0 aliphatic heterocycles. The number of anilines is 2. The molecule has 0 saturated carbocycles. The molecule has 3 aromatic rings. The van der Waals surface area contributed by atoms with Gasteiger partial charge in [-0.3, -0.25) is 9.59 Å². The molecule has 0 unspecified atom stereocenters. The predicted octanol–water partition coefficient (Wildman–Crippen LogP) is 4.85. The van der Waals surface area contributed by atoms with E-state index < -0.39 is 5.97 Å². The fourth-order valence-corrected chi connectivity index (χ4v) is 4.03. The molecule has 8 heteroatoms. The van der Waals surface area contributed by atoms with Crippen molar-refractivity contribution in [2.45, 2.75) is 9.79 Å². The Morgan fingerprint density at radius 3 is 1.65 bits per heavy atom. The summed E-state index contributed by atoms with van der Waals surface area (Å²) >= 11 is 2.75. The minimum atomic E-state index is -1.12. The van der Waals surface area contributed by atoms with Gasteiger partial charge in [0.05, 0.1) is 28.4 Å². The first-order valence-corrected chi connectivity index (χ1v) is 11.3. The molecule has 0 atom stereocenters. The van der Waals surface area contributed by atoms with Crippen LogP contribution in [0, 0.1) is 0 Å².